The molecule has 1 heterocycles. The van der Waals surface area contributed by atoms with Gasteiger partial charge in [-0.1, -0.05) is 13.8 Å². The van der Waals surface area contributed by atoms with Crippen LogP contribution in [-0.4, -0.2) is 23.8 Å². The summed E-state index contributed by atoms with van der Waals surface area (Å²) in [4.78, 5) is 23.5. The SMILES string of the molecule is CC(C)[C@H]1CC(=O)N(C)C1=O. The van der Waals surface area contributed by atoms with Gasteiger partial charge in [0.15, 0.2) is 0 Å². The minimum atomic E-state index is -0.0764. The molecule has 1 aliphatic rings. The Morgan fingerprint density at radius 3 is 2.18 bits per heavy atom. The van der Waals surface area contributed by atoms with Crippen LogP contribution in [0.5, 0.6) is 0 Å². The first-order chi connectivity index (χ1) is 5.04. The number of carbonyl (C=O) groups excluding carboxylic acids is 2. The zero-order valence-electron chi connectivity index (χ0n) is 7.13. The number of hydrogen-bond donors (Lipinski definition) is 0. The van der Waals surface area contributed by atoms with Gasteiger partial charge in [-0.25, -0.2) is 0 Å². The number of hydrogen-bond acceptors (Lipinski definition) is 2. The number of rotatable bonds is 1. The Hall–Kier alpha value is -0.860. The van der Waals surface area contributed by atoms with Crippen LogP contribution in [0.4, 0.5) is 0 Å². The summed E-state index contributed by atoms with van der Waals surface area (Å²) < 4.78 is 0. The van der Waals surface area contributed by atoms with Gasteiger partial charge in [-0.05, 0) is 5.92 Å². The summed E-state index contributed by atoms with van der Waals surface area (Å²) in [5.74, 6) is 0.127. The predicted molar refractivity (Wildman–Crippen MR) is 40.7 cm³/mol. The molecule has 0 spiro atoms. The van der Waals surface area contributed by atoms with Crippen LogP contribution in [-0.2, 0) is 9.59 Å². The Labute approximate surface area is 66.4 Å². The van der Waals surface area contributed by atoms with Crippen LogP contribution in [0.15, 0.2) is 0 Å². The number of nitrogens with zero attached hydrogens (tertiary/aromatic N) is 1. The van der Waals surface area contributed by atoms with E-state index >= 15 is 0 Å². The van der Waals surface area contributed by atoms with Crippen LogP contribution in [0.3, 0.4) is 0 Å². The minimum absolute atomic E-state index is 0.0231. The fourth-order valence-corrected chi connectivity index (χ4v) is 1.30. The van der Waals surface area contributed by atoms with E-state index in [1.807, 2.05) is 13.8 Å². The third-order valence-corrected chi connectivity index (χ3v) is 2.22. The van der Waals surface area contributed by atoms with Crippen molar-refractivity contribution >= 4 is 11.8 Å². The van der Waals surface area contributed by atoms with E-state index in [-0.39, 0.29) is 23.7 Å². The molecule has 1 fully saturated rings. The fraction of sp³-hybridized carbons (Fsp3) is 0.750. The third kappa shape index (κ3) is 1.27. The quantitative estimate of drug-likeness (QED) is 0.521. The van der Waals surface area contributed by atoms with Crippen molar-refractivity contribution in [1.82, 2.24) is 4.90 Å². The van der Waals surface area contributed by atoms with Gasteiger partial charge in [0.25, 0.3) is 0 Å². The lowest BCUT2D eigenvalue weighted by Crippen LogP contribution is -2.27. The summed E-state index contributed by atoms with van der Waals surface area (Å²) in [5.41, 5.74) is 0. The van der Waals surface area contributed by atoms with E-state index in [9.17, 15) is 9.59 Å². The van der Waals surface area contributed by atoms with Gasteiger partial charge in [-0.2, -0.15) is 0 Å². The zero-order chi connectivity index (χ0) is 8.59. The van der Waals surface area contributed by atoms with E-state index in [0.29, 0.717) is 6.42 Å². The van der Waals surface area contributed by atoms with Crippen LogP contribution in [0.2, 0.25) is 0 Å². The molecule has 2 amide bonds. The summed E-state index contributed by atoms with van der Waals surface area (Å²) in [5, 5.41) is 0. The van der Waals surface area contributed by atoms with Crippen molar-refractivity contribution in [2.24, 2.45) is 11.8 Å². The lowest BCUT2D eigenvalue weighted by atomic mass is 9.95. The van der Waals surface area contributed by atoms with Crippen LogP contribution in [0.1, 0.15) is 20.3 Å². The molecule has 0 N–H and O–H groups in total. The first kappa shape index (κ1) is 8.24. The van der Waals surface area contributed by atoms with Gasteiger partial charge in [0.1, 0.15) is 0 Å². The highest BCUT2D eigenvalue weighted by Gasteiger charge is 2.37. The van der Waals surface area contributed by atoms with Gasteiger partial charge < -0.3 is 0 Å². The highest BCUT2D eigenvalue weighted by Crippen LogP contribution is 2.24. The lowest BCUT2D eigenvalue weighted by molar-refractivity contribution is -0.138. The molecule has 0 aromatic carbocycles. The van der Waals surface area contributed by atoms with E-state index in [0.717, 1.165) is 0 Å². The molecule has 3 heteroatoms. The molecule has 1 aliphatic heterocycles. The Bertz CT molecular complexity index is 198. The summed E-state index contributed by atoms with van der Waals surface area (Å²) >= 11 is 0. The predicted octanol–water partition coefficient (Wildman–Crippen LogP) is 0.647. The second-order valence-electron chi connectivity index (χ2n) is 3.35. The van der Waals surface area contributed by atoms with Gasteiger partial charge in [0.05, 0.1) is 0 Å². The average molecular weight is 155 g/mol. The molecule has 1 rings (SSSR count). The molecule has 0 aliphatic carbocycles. The van der Waals surface area contributed by atoms with Crippen molar-refractivity contribution in [3.8, 4) is 0 Å². The highest BCUT2D eigenvalue weighted by molar-refractivity contribution is 6.03. The molecule has 62 valence electrons. The van der Waals surface area contributed by atoms with Crippen LogP contribution in [0, 0.1) is 11.8 Å². The molecule has 1 saturated heterocycles. The van der Waals surface area contributed by atoms with Gasteiger partial charge in [-0.3, -0.25) is 14.5 Å². The van der Waals surface area contributed by atoms with Crippen LogP contribution >= 0.6 is 0 Å². The van der Waals surface area contributed by atoms with Crippen molar-refractivity contribution in [3.05, 3.63) is 0 Å². The second kappa shape index (κ2) is 2.64. The molecule has 11 heavy (non-hydrogen) atoms. The molecule has 0 bridgehead atoms. The maximum Gasteiger partial charge on any atom is 0.232 e. The summed E-state index contributed by atoms with van der Waals surface area (Å²) in [6.07, 6.45) is 0.396. The Kier molecular flexibility index (Phi) is 1.98. The Morgan fingerprint density at radius 1 is 1.45 bits per heavy atom. The molecule has 1 atom stereocenters. The van der Waals surface area contributed by atoms with E-state index < -0.39 is 0 Å². The zero-order valence-corrected chi connectivity index (χ0v) is 7.13. The van der Waals surface area contributed by atoms with E-state index in [1.165, 1.54) is 4.90 Å². The first-order valence-electron chi connectivity index (χ1n) is 3.84. The van der Waals surface area contributed by atoms with Gasteiger partial charge in [0.2, 0.25) is 11.8 Å². The smallest absolute Gasteiger partial charge is 0.232 e. The molecular formula is C8H13NO2. The lowest BCUT2D eigenvalue weighted by Gasteiger charge is -2.10. The number of amides is 2. The molecule has 0 saturated carbocycles. The van der Waals surface area contributed by atoms with Crippen molar-refractivity contribution < 1.29 is 9.59 Å². The standard InChI is InChI=1S/C8H13NO2/c1-5(2)6-4-7(10)9(3)8(6)11/h5-6H,4H2,1-3H3/t6-/m1/s1. The monoisotopic (exact) mass is 155 g/mol. The largest absolute Gasteiger partial charge is 0.285 e. The molecule has 0 unspecified atom stereocenters. The van der Waals surface area contributed by atoms with Gasteiger partial charge in [0, 0.05) is 19.4 Å². The molecule has 0 radical (unpaired) electrons. The van der Waals surface area contributed by atoms with E-state index in [4.69, 9.17) is 0 Å². The van der Waals surface area contributed by atoms with Crippen LogP contribution in [0.25, 0.3) is 0 Å². The number of likely N-dealkylation sites (tertiary alicyclic amines) is 1. The second-order valence-corrected chi connectivity index (χ2v) is 3.35. The first-order valence-corrected chi connectivity index (χ1v) is 3.84. The number of imide groups is 1. The van der Waals surface area contributed by atoms with Gasteiger partial charge in [-0.15, -0.1) is 0 Å². The van der Waals surface area contributed by atoms with E-state index in [1.54, 1.807) is 7.05 Å². The maximum absolute atomic E-state index is 11.3. The summed E-state index contributed by atoms with van der Waals surface area (Å²) in [6, 6.07) is 0. The van der Waals surface area contributed by atoms with Gasteiger partial charge >= 0.3 is 0 Å². The summed E-state index contributed by atoms with van der Waals surface area (Å²) in [7, 11) is 1.55. The number of carbonyl (C=O) groups is 2. The highest BCUT2D eigenvalue weighted by atomic mass is 16.2. The molecule has 0 aromatic heterocycles. The topological polar surface area (TPSA) is 37.4 Å². The average Bonchev–Trinajstić information content (AvgIpc) is 2.17. The minimum Gasteiger partial charge on any atom is -0.285 e. The van der Waals surface area contributed by atoms with Crippen molar-refractivity contribution in [2.45, 2.75) is 20.3 Å². The third-order valence-electron chi connectivity index (χ3n) is 2.22. The van der Waals surface area contributed by atoms with Crippen molar-refractivity contribution in [2.75, 3.05) is 7.05 Å². The summed E-state index contributed by atoms with van der Waals surface area (Å²) in [6.45, 7) is 3.93. The van der Waals surface area contributed by atoms with Crippen molar-refractivity contribution in [1.29, 1.82) is 0 Å². The maximum atomic E-state index is 11.3. The normalized spacial score (nSPS) is 25.5. The van der Waals surface area contributed by atoms with Crippen molar-refractivity contribution in [3.63, 3.8) is 0 Å². The Morgan fingerprint density at radius 2 is 2.00 bits per heavy atom. The molecular weight excluding hydrogens is 142 g/mol. The molecule has 0 aromatic rings. The molecule has 3 nitrogen and oxygen atoms in total. The van der Waals surface area contributed by atoms with E-state index in [2.05, 4.69) is 0 Å². The van der Waals surface area contributed by atoms with Crippen LogP contribution < -0.4 is 0 Å². The Balaban J connectivity index is 2.75. The fourth-order valence-electron chi connectivity index (χ4n) is 1.30.